The van der Waals surface area contributed by atoms with Crippen LogP contribution in [0.2, 0.25) is 5.15 Å². The highest BCUT2D eigenvalue weighted by Crippen LogP contribution is 2.19. The molecule has 17 heavy (non-hydrogen) atoms. The molecule has 1 aromatic carbocycles. The van der Waals surface area contributed by atoms with Gasteiger partial charge in [0.1, 0.15) is 0 Å². The summed E-state index contributed by atoms with van der Waals surface area (Å²) in [5.74, 6) is 0. The maximum absolute atomic E-state index is 5.95. The Morgan fingerprint density at radius 1 is 1.12 bits per heavy atom. The second kappa shape index (κ2) is 4.14. The Hall–Kier alpha value is -1.94. The predicted molar refractivity (Wildman–Crippen MR) is 65.9 cm³/mol. The molecule has 0 atom stereocenters. The third kappa shape index (κ3) is 1.87. The molecule has 3 rings (SSSR count). The molecule has 0 saturated heterocycles. The van der Waals surface area contributed by atoms with E-state index in [2.05, 4.69) is 27.4 Å². The van der Waals surface area contributed by atoms with Gasteiger partial charge in [0.05, 0.1) is 29.8 Å². The van der Waals surface area contributed by atoms with Crippen molar-refractivity contribution in [1.29, 1.82) is 0 Å². The van der Waals surface area contributed by atoms with Crippen molar-refractivity contribution >= 4 is 22.5 Å². The predicted octanol–water partition coefficient (Wildman–Crippen LogP) is 2.53. The summed E-state index contributed by atoms with van der Waals surface area (Å²) in [7, 11) is 0. The molecule has 84 valence electrons. The smallest absolute Gasteiger partial charge is 0.162 e. The van der Waals surface area contributed by atoms with E-state index in [1.54, 1.807) is 12.4 Å². The minimum atomic E-state index is 0.391. The molecule has 0 spiro atoms. The average Bonchev–Trinajstić information content (AvgIpc) is 2.76. The van der Waals surface area contributed by atoms with Gasteiger partial charge < -0.3 is 0 Å². The molecule has 0 aliphatic carbocycles. The highest BCUT2D eigenvalue weighted by atomic mass is 35.5. The number of fused-ring (bicyclic) bond motifs is 1. The number of rotatable bonds is 2. The third-order valence-corrected chi connectivity index (χ3v) is 2.88. The maximum Gasteiger partial charge on any atom is 0.162 e. The summed E-state index contributed by atoms with van der Waals surface area (Å²) in [6, 6.07) is 10.1. The van der Waals surface area contributed by atoms with Crippen LogP contribution < -0.4 is 0 Å². The van der Waals surface area contributed by atoms with Gasteiger partial charge in [0.25, 0.3) is 0 Å². The van der Waals surface area contributed by atoms with Gasteiger partial charge >= 0.3 is 0 Å². The lowest BCUT2D eigenvalue weighted by molar-refractivity contribution is 0.710. The van der Waals surface area contributed by atoms with Crippen LogP contribution in [0.15, 0.2) is 42.7 Å². The van der Waals surface area contributed by atoms with Crippen molar-refractivity contribution in [3.05, 3.63) is 53.4 Å². The topological polar surface area (TPSA) is 43.6 Å². The number of hydrogen-bond acceptors (Lipinski definition) is 3. The standard InChI is InChI=1S/C12H9ClN4/c13-12-10-6-15-17(11(10)7-14-16-12)8-9-4-2-1-3-5-9/h1-7H,8H2. The van der Waals surface area contributed by atoms with Crippen LogP contribution in [-0.4, -0.2) is 20.0 Å². The SMILES string of the molecule is Clc1nncc2c1cnn2Cc1ccccc1. The van der Waals surface area contributed by atoms with E-state index in [0.29, 0.717) is 11.7 Å². The fourth-order valence-corrected chi connectivity index (χ4v) is 1.95. The zero-order valence-corrected chi connectivity index (χ0v) is 9.67. The molecule has 0 bridgehead atoms. The molecule has 0 aliphatic rings. The van der Waals surface area contributed by atoms with E-state index in [4.69, 9.17) is 11.6 Å². The molecule has 5 heteroatoms. The first kappa shape index (κ1) is 10.2. The van der Waals surface area contributed by atoms with Crippen LogP contribution in [0.3, 0.4) is 0 Å². The van der Waals surface area contributed by atoms with Crippen LogP contribution in [0.4, 0.5) is 0 Å². The van der Waals surface area contributed by atoms with Gasteiger partial charge in [-0.1, -0.05) is 41.9 Å². The minimum absolute atomic E-state index is 0.391. The molecular formula is C12H9ClN4. The van der Waals surface area contributed by atoms with E-state index in [9.17, 15) is 0 Å². The van der Waals surface area contributed by atoms with Gasteiger partial charge in [-0.15, -0.1) is 5.10 Å². The van der Waals surface area contributed by atoms with Crippen LogP contribution in [0.25, 0.3) is 10.9 Å². The Morgan fingerprint density at radius 2 is 1.94 bits per heavy atom. The largest absolute Gasteiger partial charge is 0.259 e. The summed E-state index contributed by atoms with van der Waals surface area (Å²) < 4.78 is 1.87. The first-order valence-corrected chi connectivity index (χ1v) is 5.59. The number of benzene rings is 1. The zero-order valence-electron chi connectivity index (χ0n) is 8.92. The number of nitrogens with zero attached hydrogens (tertiary/aromatic N) is 4. The van der Waals surface area contributed by atoms with Gasteiger partial charge in [-0.3, -0.25) is 4.68 Å². The molecular weight excluding hydrogens is 236 g/mol. The van der Waals surface area contributed by atoms with Crippen LogP contribution in [0.5, 0.6) is 0 Å². The van der Waals surface area contributed by atoms with Crippen molar-refractivity contribution in [2.45, 2.75) is 6.54 Å². The number of aromatic nitrogens is 4. The van der Waals surface area contributed by atoms with Crippen molar-refractivity contribution < 1.29 is 0 Å². The van der Waals surface area contributed by atoms with Gasteiger partial charge in [0, 0.05) is 0 Å². The zero-order chi connectivity index (χ0) is 11.7. The van der Waals surface area contributed by atoms with Gasteiger partial charge in [0.2, 0.25) is 0 Å². The molecule has 0 saturated carbocycles. The quantitative estimate of drug-likeness (QED) is 0.696. The molecule has 2 aromatic heterocycles. The Kier molecular flexibility index (Phi) is 2.49. The van der Waals surface area contributed by atoms with E-state index in [0.717, 1.165) is 10.9 Å². The summed E-state index contributed by atoms with van der Waals surface area (Å²) in [6.07, 6.45) is 3.40. The fourth-order valence-electron chi connectivity index (χ4n) is 1.76. The first-order chi connectivity index (χ1) is 8.34. The van der Waals surface area contributed by atoms with Crippen molar-refractivity contribution in [3.63, 3.8) is 0 Å². The van der Waals surface area contributed by atoms with Gasteiger partial charge in [0.15, 0.2) is 5.15 Å². The summed E-state index contributed by atoms with van der Waals surface area (Å²) in [5, 5.41) is 13.2. The summed E-state index contributed by atoms with van der Waals surface area (Å²) in [5.41, 5.74) is 2.08. The van der Waals surface area contributed by atoms with E-state index in [1.807, 2.05) is 22.9 Å². The van der Waals surface area contributed by atoms with E-state index < -0.39 is 0 Å². The Morgan fingerprint density at radius 3 is 2.76 bits per heavy atom. The number of hydrogen-bond donors (Lipinski definition) is 0. The monoisotopic (exact) mass is 244 g/mol. The highest BCUT2D eigenvalue weighted by Gasteiger charge is 2.07. The average molecular weight is 245 g/mol. The molecule has 0 fully saturated rings. The van der Waals surface area contributed by atoms with E-state index >= 15 is 0 Å². The van der Waals surface area contributed by atoms with Crippen LogP contribution in [-0.2, 0) is 6.54 Å². The van der Waals surface area contributed by atoms with Gasteiger partial charge in [-0.25, -0.2) is 0 Å². The normalized spacial score (nSPS) is 10.9. The Bertz CT molecular complexity index is 648. The van der Waals surface area contributed by atoms with Crippen LogP contribution >= 0.6 is 11.6 Å². The molecule has 2 heterocycles. The second-order valence-electron chi connectivity index (χ2n) is 3.72. The Labute approximate surface area is 103 Å². The molecule has 0 radical (unpaired) electrons. The number of halogens is 1. The maximum atomic E-state index is 5.95. The van der Waals surface area contributed by atoms with Crippen LogP contribution in [0, 0.1) is 0 Å². The van der Waals surface area contributed by atoms with Crippen molar-refractivity contribution in [2.75, 3.05) is 0 Å². The molecule has 0 N–H and O–H groups in total. The first-order valence-electron chi connectivity index (χ1n) is 5.21. The van der Waals surface area contributed by atoms with Crippen molar-refractivity contribution in [2.24, 2.45) is 0 Å². The lowest BCUT2D eigenvalue weighted by Crippen LogP contribution is -2.01. The molecule has 0 amide bonds. The molecule has 0 aliphatic heterocycles. The summed E-state index contributed by atoms with van der Waals surface area (Å²) in [4.78, 5) is 0. The van der Waals surface area contributed by atoms with Crippen molar-refractivity contribution in [1.82, 2.24) is 20.0 Å². The molecule has 4 nitrogen and oxygen atoms in total. The lowest BCUT2D eigenvalue weighted by Gasteiger charge is -2.03. The second-order valence-corrected chi connectivity index (χ2v) is 4.08. The van der Waals surface area contributed by atoms with E-state index in [1.165, 1.54) is 5.56 Å². The minimum Gasteiger partial charge on any atom is -0.259 e. The molecule has 3 aromatic rings. The fraction of sp³-hybridized carbons (Fsp3) is 0.0833. The van der Waals surface area contributed by atoms with Crippen LogP contribution in [0.1, 0.15) is 5.56 Å². The summed E-state index contributed by atoms with van der Waals surface area (Å²) >= 11 is 5.95. The van der Waals surface area contributed by atoms with Crippen molar-refractivity contribution in [3.8, 4) is 0 Å². The lowest BCUT2D eigenvalue weighted by atomic mass is 10.2. The third-order valence-electron chi connectivity index (χ3n) is 2.60. The Balaban J connectivity index is 2.05. The highest BCUT2D eigenvalue weighted by molar-refractivity contribution is 6.33. The van der Waals surface area contributed by atoms with Gasteiger partial charge in [-0.2, -0.15) is 10.2 Å². The summed E-state index contributed by atoms with van der Waals surface area (Å²) in [6.45, 7) is 0.701. The van der Waals surface area contributed by atoms with E-state index in [-0.39, 0.29) is 0 Å². The molecule has 0 unspecified atom stereocenters. The van der Waals surface area contributed by atoms with Gasteiger partial charge in [-0.05, 0) is 5.56 Å².